The van der Waals surface area contributed by atoms with Crippen LogP contribution in [-0.2, 0) is 13.0 Å². The highest BCUT2D eigenvalue weighted by molar-refractivity contribution is 5.96. The number of aromatic nitrogens is 2. The van der Waals surface area contributed by atoms with E-state index >= 15 is 0 Å². The average Bonchev–Trinajstić information content (AvgIpc) is 3.29. The fraction of sp³-hybridized carbons (Fsp3) is 0.417. The molecule has 0 saturated carbocycles. The molecule has 6 heteroatoms. The smallest absolute Gasteiger partial charge is 0.255 e. The van der Waals surface area contributed by atoms with Crippen LogP contribution in [0.25, 0.3) is 5.65 Å². The molecule has 30 heavy (non-hydrogen) atoms. The van der Waals surface area contributed by atoms with Gasteiger partial charge in [-0.05, 0) is 56.4 Å². The zero-order valence-electron chi connectivity index (χ0n) is 18.2. The van der Waals surface area contributed by atoms with Crippen molar-refractivity contribution >= 4 is 17.2 Å². The van der Waals surface area contributed by atoms with E-state index in [4.69, 9.17) is 4.98 Å². The Labute approximate surface area is 177 Å². The predicted octanol–water partition coefficient (Wildman–Crippen LogP) is 3.64. The molecule has 1 saturated heterocycles. The van der Waals surface area contributed by atoms with Crippen molar-refractivity contribution in [2.24, 2.45) is 0 Å². The van der Waals surface area contributed by atoms with Crippen LogP contribution in [0, 0.1) is 20.8 Å². The van der Waals surface area contributed by atoms with Gasteiger partial charge in [0.2, 0.25) is 0 Å². The van der Waals surface area contributed by atoms with Gasteiger partial charge in [-0.25, -0.2) is 4.98 Å². The molecule has 0 radical (unpaired) electrons. The standard InChI is InChI=1S/C24H30N4O2/c1-5-18-8-6-7-15(2)21(18)12-25-22-11-19(24(30)27-10-9-20(29)14-27)13-28-17(4)16(3)26-23(22)28/h6-8,11,13,20,25,29H,5,9-10,12,14H2,1-4H3. The number of aliphatic hydroxyl groups is 1. The molecule has 0 spiro atoms. The summed E-state index contributed by atoms with van der Waals surface area (Å²) in [7, 11) is 0. The molecule has 1 aromatic carbocycles. The third-order valence-electron chi connectivity index (χ3n) is 6.24. The molecule has 1 fully saturated rings. The molecule has 1 amide bonds. The van der Waals surface area contributed by atoms with Crippen molar-refractivity contribution in [3.63, 3.8) is 0 Å². The molecule has 3 heterocycles. The van der Waals surface area contributed by atoms with Gasteiger partial charge in [-0.1, -0.05) is 25.1 Å². The van der Waals surface area contributed by atoms with Crippen molar-refractivity contribution in [3.05, 3.63) is 64.1 Å². The van der Waals surface area contributed by atoms with Crippen LogP contribution in [0.15, 0.2) is 30.5 Å². The second-order valence-electron chi connectivity index (χ2n) is 8.23. The number of imidazole rings is 1. The molecular formula is C24H30N4O2. The number of likely N-dealkylation sites (tertiary alicyclic amines) is 1. The topological polar surface area (TPSA) is 69.9 Å². The fourth-order valence-corrected chi connectivity index (χ4v) is 4.26. The number of carbonyl (C=O) groups is 1. The van der Waals surface area contributed by atoms with E-state index in [2.05, 4.69) is 37.4 Å². The van der Waals surface area contributed by atoms with Gasteiger partial charge in [0.05, 0.1) is 23.0 Å². The number of β-amino-alcohol motifs (C(OH)–C–C–N with tert-alkyl or cyclic N) is 1. The average molecular weight is 407 g/mol. The van der Waals surface area contributed by atoms with Crippen LogP contribution in [0.3, 0.4) is 0 Å². The quantitative estimate of drug-likeness (QED) is 0.679. The van der Waals surface area contributed by atoms with Gasteiger partial charge >= 0.3 is 0 Å². The highest BCUT2D eigenvalue weighted by Gasteiger charge is 2.26. The van der Waals surface area contributed by atoms with Gasteiger partial charge in [0.15, 0.2) is 5.65 Å². The Hall–Kier alpha value is -2.86. The number of benzene rings is 1. The first-order chi connectivity index (χ1) is 14.4. The van der Waals surface area contributed by atoms with Gasteiger partial charge in [-0.15, -0.1) is 0 Å². The van der Waals surface area contributed by atoms with Crippen molar-refractivity contribution < 1.29 is 9.90 Å². The lowest BCUT2D eigenvalue weighted by molar-refractivity contribution is 0.0764. The van der Waals surface area contributed by atoms with Crippen molar-refractivity contribution in [3.8, 4) is 0 Å². The zero-order valence-corrected chi connectivity index (χ0v) is 18.2. The Kier molecular flexibility index (Phi) is 5.52. The van der Waals surface area contributed by atoms with E-state index in [-0.39, 0.29) is 5.91 Å². The van der Waals surface area contributed by atoms with Gasteiger partial charge in [0, 0.05) is 31.5 Å². The molecule has 1 aliphatic heterocycles. The number of nitrogens with one attached hydrogen (secondary N) is 1. The molecular weight excluding hydrogens is 376 g/mol. The molecule has 3 aromatic rings. The van der Waals surface area contributed by atoms with Crippen LogP contribution in [0.1, 0.15) is 51.8 Å². The summed E-state index contributed by atoms with van der Waals surface area (Å²) in [5.41, 5.74) is 8.13. The Morgan fingerprint density at radius 3 is 2.80 bits per heavy atom. The molecule has 1 unspecified atom stereocenters. The first kappa shape index (κ1) is 20.4. The summed E-state index contributed by atoms with van der Waals surface area (Å²) in [5, 5.41) is 13.4. The predicted molar refractivity (Wildman–Crippen MR) is 119 cm³/mol. The fourth-order valence-electron chi connectivity index (χ4n) is 4.26. The van der Waals surface area contributed by atoms with Crippen LogP contribution in [0.2, 0.25) is 0 Å². The van der Waals surface area contributed by atoms with E-state index in [1.807, 2.05) is 30.5 Å². The summed E-state index contributed by atoms with van der Waals surface area (Å²) in [6.45, 7) is 9.97. The maximum absolute atomic E-state index is 13.1. The van der Waals surface area contributed by atoms with Crippen LogP contribution in [-0.4, -0.2) is 44.5 Å². The third-order valence-corrected chi connectivity index (χ3v) is 6.24. The number of anilines is 1. The Morgan fingerprint density at radius 1 is 1.30 bits per heavy atom. The largest absolute Gasteiger partial charge is 0.391 e. The van der Waals surface area contributed by atoms with E-state index in [1.54, 1.807) is 4.90 Å². The Bertz CT molecular complexity index is 1100. The summed E-state index contributed by atoms with van der Waals surface area (Å²) in [6.07, 6.45) is 3.05. The van der Waals surface area contributed by atoms with E-state index in [0.29, 0.717) is 31.6 Å². The first-order valence-electron chi connectivity index (χ1n) is 10.7. The van der Waals surface area contributed by atoms with E-state index < -0.39 is 6.10 Å². The molecule has 1 aliphatic rings. The second-order valence-corrected chi connectivity index (χ2v) is 8.23. The highest BCUT2D eigenvalue weighted by atomic mass is 16.3. The molecule has 4 rings (SSSR count). The van der Waals surface area contributed by atoms with Crippen LogP contribution < -0.4 is 5.32 Å². The van der Waals surface area contributed by atoms with Crippen molar-refractivity contribution in [2.75, 3.05) is 18.4 Å². The van der Waals surface area contributed by atoms with Crippen LogP contribution in [0.4, 0.5) is 5.69 Å². The number of pyridine rings is 1. The van der Waals surface area contributed by atoms with Crippen molar-refractivity contribution in [1.82, 2.24) is 14.3 Å². The molecule has 0 bridgehead atoms. The summed E-state index contributed by atoms with van der Waals surface area (Å²) in [4.78, 5) is 19.6. The lowest BCUT2D eigenvalue weighted by Crippen LogP contribution is -2.29. The van der Waals surface area contributed by atoms with Gasteiger partial charge in [-0.2, -0.15) is 0 Å². The Balaban J connectivity index is 1.72. The monoisotopic (exact) mass is 406 g/mol. The number of amides is 1. The minimum absolute atomic E-state index is 0.0487. The maximum atomic E-state index is 13.1. The molecule has 1 atom stereocenters. The minimum Gasteiger partial charge on any atom is -0.391 e. The number of hydrogen-bond donors (Lipinski definition) is 2. The maximum Gasteiger partial charge on any atom is 0.255 e. The molecule has 6 nitrogen and oxygen atoms in total. The number of fused-ring (bicyclic) bond motifs is 1. The number of hydrogen-bond acceptors (Lipinski definition) is 4. The molecule has 158 valence electrons. The summed E-state index contributed by atoms with van der Waals surface area (Å²) < 4.78 is 2.00. The zero-order chi connectivity index (χ0) is 21.4. The first-order valence-corrected chi connectivity index (χ1v) is 10.7. The summed E-state index contributed by atoms with van der Waals surface area (Å²) in [6, 6.07) is 8.30. The van der Waals surface area contributed by atoms with E-state index in [0.717, 1.165) is 29.1 Å². The number of rotatable bonds is 5. The SMILES string of the molecule is CCc1cccc(C)c1CNc1cc(C(=O)N2CCC(O)C2)cn2c(C)c(C)nc12. The van der Waals surface area contributed by atoms with Crippen molar-refractivity contribution in [2.45, 2.75) is 53.2 Å². The van der Waals surface area contributed by atoms with E-state index in [9.17, 15) is 9.90 Å². The second kappa shape index (κ2) is 8.11. The number of aryl methyl sites for hydroxylation is 4. The van der Waals surface area contributed by atoms with Gasteiger partial charge in [0.25, 0.3) is 5.91 Å². The normalized spacial score (nSPS) is 16.4. The summed E-state index contributed by atoms with van der Waals surface area (Å²) in [5.74, 6) is -0.0487. The van der Waals surface area contributed by atoms with Crippen molar-refractivity contribution in [1.29, 1.82) is 0 Å². The summed E-state index contributed by atoms with van der Waals surface area (Å²) >= 11 is 0. The van der Waals surface area contributed by atoms with Crippen LogP contribution in [0.5, 0.6) is 0 Å². The molecule has 2 N–H and O–H groups in total. The molecule has 2 aromatic heterocycles. The minimum atomic E-state index is -0.430. The number of carbonyl (C=O) groups excluding carboxylic acids is 1. The van der Waals surface area contributed by atoms with Crippen LogP contribution >= 0.6 is 0 Å². The lowest BCUT2D eigenvalue weighted by atomic mass is 10.00. The lowest BCUT2D eigenvalue weighted by Gasteiger charge is -2.18. The van der Waals surface area contributed by atoms with Gasteiger partial charge in [0.1, 0.15) is 0 Å². The highest BCUT2D eigenvalue weighted by Crippen LogP contribution is 2.25. The third kappa shape index (κ3) is 3.67. The number of nitrogens with zero attached hydrogens (tertiary/aromatic N) is 3. The molecule has 0 aliphatic carbocycles. The number of aliphatic hydroxyl groups excluding tert-OH is 1. The van der Waals surface area contributed by atoms with Gasteiger partial charge < -0.3 is 19.7 Å². The Morgan fingerprint density at radius 2 is 2.10 bits per heavy atom. The van der Waals surface area contributed by atoms with E-state index in [1.165, 1.54) is 16.7 Å². The van der Waals surface area contributed by atoms with Gasteiger partial charge in [-0.3, -0.25) is 4.79 Å².